The van der Waals surface area contributed by atoms with Gasteiger partial charge in [0.1, 0.15) is 16.4 Å². The number of carbonyl (C=O) groups is 1. The molecule has 0 saturated carbocycles. The molecular formula is C9H14N2O2S2. The van der Waals surface area contributed by atoms with Crippen molar-refractivity contribution >= 4 is 34.9 Å². The van der Waals surface area contributed by atoms with Crippen LogP contribution >= 0.6 is 24.0 Å². The summed E-state index contributed by atoms with van der Waals surface area (Å²) < 4.78 is -0.350. The smallest absolute Gasteiger partial charge is 0.327 e. The molecule has 84 valence electrons. The molecule has 0 aliphatic carbocycles. The Kier molecular flexibility index (Phi) is 2.13. The van der Waals surface area contributed by atoms with E-state index in [1.54, 1.807) is 16.7 Å². The Balaban J connectivity index is 2.37. The number of thiocarbonyl (C=S) groups is 1. The van der Waals surface area contributed by atoms with Crippen LogP contribution in [0.1, 0.15) is 20.8 Å². The van der Waals surface area contributed by atoms with E-state index in [1.165, 1.54) is 0 Å². The second-order valence-electron chi connectivity index (χ2n) is 4.81. The van der Waals surface area contributed by atoms with Gasteiger partial charge in [-0.3, -0.25) is 0 Å². The summed E-state index contributed by atoms with van der Waals surface area (Å²) in [6.07, 6.45) is 0. The van der Waals surface area contributed by atoms with Crippen molar-refractivity contribution in [3.05, 3.63) is 0 Å². The molecule has 0 spiro atoms. The summed E-state index contributed by atoms with van der Waals surface area (Å²) in [7, 11) is 0. The fourth-order valence-corrected chi connectivity index (χ4v) is 4.33. The molecule has 0 aromatic heterocycles. The Morgan fingerprint density at radius 2 is 2.13 bits per heavy atom. The first-order valence-electron chi connectivity index (χ1n) is 4.72. The number of rotatable bonds is 1. The van der Waals surface area contributed by atoms with Crippen LogP contribution in [-0.2, 0) is 4.79 Å². The molecule has 2 saturated heterocycles. The lowest BCUT2D eigenvalue weighted by atomic mass is 9.88. The van der Waals surface area contributed by atoms with Crippen LogP contribution in [-0.4, -0.2) is 42.7 Å². The fourth-order valence-electron chi connectivity index (χ4n) is 2.25. The maximum absolute atomic E-state index is 11.2. The average molecular weight is 246 g/mol. The van der Waals surface area contributed by atoms with Gasteiger partial charge in [0.2, 0.25) is 0 Å². The second kappa shape index (κ2) is 2.87. The van der Waals surface area contributed by atoms with Crippen molar-refractivity contribution in [2.45, 2.75) is 42.5 Å². The number of nitrogens with zero attached hydrogens (tertiary/aromatic N) is 1. The standard InChI is InChI=1S/C9H14N2O2S2/c1-8(2)4(5(12)13)11-6(14)9(3,10)7(11)15-8/h4,7H,10H2,1-3H3,(H,12,13)/t4-,7+,9?/m0/s1. The molecule has 0 bridgehead atoms. The number of carboxylic acid groups (broad SMARTS) is 1. The van der Waals surface area contributed by atoms with Gasteiger partial charge < -0.3 is 15.7 Å². The molecule has 1 unspecified atom stereocenters. The average Bonchev–Trinajstić information content (AvgIpc) is 2.35. The van der Waals surface area contributed by atoms with Gasteiger partial charge in [0, 0.05) is 4.75 Å². The van der Waals surface area contributed by atoms with Gasteiger partial charge in [0.15, 0.2) is 0 Å². The molecule has 3 atom stereocenters. The van der Waals surface area contributed by atoms with E-state index in [4.69, 9.17) is 18.0 Å². The number of aliphatic carboxylic acids is 1. The van der Waals surface area contributed by atoms with Crippen LogP contribution in [0.4, 0.5) is 0 Å². The van der Waals surface area contributed by atoms with Crippen molar-refractivity contribution in [1.29, 1.82) is 0 Å². The number of carboxylic acids is 1. The number of nitrogens with two attached hydrogens (primary N) is 1. The highest BCUT2D eigenvalue weighted by atomic mass is 32.2. The van der Waals surface area contributed by atoms with Crippen molar-refractivity contribution in [2.75, 3.05) is 0 Å². The van der Waals surface area contributed by atoms with E-state index in [1.807, 2.05) is 20.8 Å². The number of thioether (sulfide) groups is 1. The summed E-state index contributed by atoms with van der Waals surface area (Å²) in [6.45, 7) is 5.71. The highest BCUT2D eigenvalue weighted by Gasteiger charge is 2.65. The van der Waals surface area contributed by atoms with Crippen LogP contribution in [0.15, 0.2) is 0 Å². The molecule has 2 rings (SSSR count). The normalized spacial score (nSPS) is 42.4. The predicted molar refractivity (Wildman–Crippen MR) is 63.9 cm³/mol. The molecule has 2 aliphatic rings. The molecule has 3 N–H and O–H groups in total. The molecule has 2 fully saturated rings. The molecule has 4 nitrogen and oxygen atoms in total. The molecule has 6 heteroatoms. The van der Waals surface area contributed by atoms with E-state index in [0.717, 1.165) is 0 Å². The van der Waals surface area contributed by atoms with E-state index >= 15 is 0 Å². The quantitative estimate of drug-likeness (QED) is 0.662. The third kappa shape index (κ3) is 1.24. The molecular weight excluding hydrogens is 232 g/mol. The van der Waals surface area contributed by atoms with Crippen LogP contribution in [0.2, 0.25) is 0 Å². The summed E-state index contributed by atoms with van der Waals surface area (Å²) in [4.78, 5) is 13.5. The van der Waals surface area contributed by atoms with Gasteiger partial charge in [-0.2, -0.15) is 0 Å². The Morgan fingerprint density at radius 1 is 1.60 bits per heavy atom. The minimum absolute atomic E-state index is 0.00102. The maximum Gasteiger partial charge on any atom is 0.327 e. The summed E-state index contributed by atoms with van der Waals surface area (Å²) in [5, 5.41) is 9.20. The topological polar surface area (TPSA) is 66.6 Å². The predicted octanol–water partition coefficient (Wildman–Crippen LogP) is 0.651. The Hall–Kier alpha value is -0.330. The lowest BCUT2D eigenvalue weighted by Gasteiger charge is -2.52. The third-order valence-corrected chi connectivity index (χ3v) is 5.47. The largest absolute Gasteiger partial charge is 0.480 e. The molecule has 15 heavy (non-hydrogen) atoms. The van der Waals surface area contributed by atoms with E-state index in [9.17, 15) is 9.90 Å². The van der Waals surface area contributed by atoms with Crippen LogP contribution in [0.5, 0.6) is 0 Å². The molecule has 2 aliphatic heterocycles. The first-order valence-corrected chi connectivity index (χ1v) is 6.00. The summed E-state index contributed by atoms with van der Waals surface area (Å²) in [5.41, 5.74) is 5.50. The van der Waals surface area contributed by atoms with Crippen LogP contribution in [0.3, 0.4) is 0 Å². The van der Waals surface area contributed by atoms with Gasteiger partial charge in [-0.15, -0.1) is 11.8 Å². The lowest BCUT2D eigenvalue weighted by molar-refractivity contribution is -0.143. The van der Waals surface area contributed by atoms with E-state index in [2.05, 4.69) is 0 Å². The summed E-state index contributed by atoms with van der Waals surface area (Å²) >= 11 is 6.78. The summed E-state index contributed by atoms with van der Waals surface area (Å²) in [5.74, 6) is -0.826. The van der Waals surface area contributed by atoms with Crippen LogP contribution < -0.4 is 5.73 Å². The van der Waals surface area contributed by atoms with Crippen molar-refractivity contribution in [3.63, 3.8) is 0 Å². The minimum Gasteiger partial charge on any atom is -0.480 e. The van der Waals surface area contributed by atoms with Gasteiger partial charge in [-0.05, 0) is 20.8 Å². The number of fused-ring (bicyclic) bond motifs is 1. The third-order valence-electron chi connectivity index (χ3n) is 3.05. The number of hydrogen-bond acceptors (Lipinski definition) is 4. The fraction of sp³-hybridized carbons (Fsp3) is 0.778. The lowest BCUT2D eigenvalue weighted by Crippen LogP contribution is -2.75. The monoisotopic (exact) mass is 246 g/mol. The Morgan fingerprint density at radius 3 is 2.60 bits per heavy atom. The highest BCUT2D eigenvalue weighted by Crippen LogP contribution is 2.54. The van der Waals surface area contributed by atoms with Gasteiger partial charge >= 0.3 is 5.97 Å². The molecule has 0 aromatic rings. The van der Waals surface area contributed by atoms with E-state index in [0.29, 0.717) is 4.99 Å². The second-order valence-corrected chi connectivity index (χ2v) is 6.93. The summed E-state index contributed by atoms with van der Waals surface area (Å²) in [6, 6.07) is -0.559. The van der Waals surface area contributed by atoms with Gasteiger partial charge in [0.25, 0.3) is 0 Å². The highest BCUT2D eigenvalue weighted by molar-refractivity contribution is 8.02. The zero-order chi connectivity index (χ0) is 11.6. The van der Waals surface area contributed by atoms with Gasteiger partial charge in [-0.1, -0.05) is 12.2 Å². The van der Waals surface area contributed by atoms with Gasteiger partial charge in [0.05, 0.1) is 5.54 Å². The van der Waals surface area contributed by atoms with Crippen molar-refractivity contribution in [3.8, 4) is 0 Å². The molecule has 0 amide bonds. The van der Waals surface area contributed by atoms with Gasteiger partial charge in [-0.25, -0.2) is 4.79 Å². The first-order chi connectivity index (χ1) is 6.69. The maximum atomic E-state index is 11.2. The van der Waals surface area contributed by atoms with E-state index < -0.39 is 17.6 Å². The Bertz CT molecular complexity index is 354. The van der Waals surface area contributed by atoms with Crippen LogP contribution in [0.25, 0.3) is 0 Å². The molecule has 0 radical (unpaired) electrons. The number of hydrogen-bond donors (Lipinski definition) is 2. The Labute approximate surface area is 98.2 Å². The van der Waals surface area contributed by atoms with Crippen molar-refractivity contribution in [1.82, 2.24) is 4.90 Å². The van der Waals surface area contributed by atoms with Crippen molar-refractivity contribution in [2.24, 2.45) is 5.73 Å². The van der Waals surface area contributed by atoms with Crippen LogP contribution in [0, 0.1) is 0 Å². The molecule has 2 heterocycles. The zero-order valence-corrected chi connectivity index (χ0v) is 10.5. The SMILES string of the molecule is CC1(C)S[C@H]2N(C(=S)C2(C)N)[C@H]1C(=O)O. The zero-order valence-electron chi connectivity index (χ0n) is 8.85. The molecule has 0 aromatic carbocycles. The van der Waals surface area contributed by atoms with E-state index in [-0.39, 0.29) is 10.1 Å². The minimum atomic E-state index is -0.826. The van der Waals surface area contributed by atoms with Crippen molar-refractivity contribution < 1.29 is 9.90 Å². The first kappa shape index (κ1) is 11.2.